The zero-order valence-corrected chi connectivity index (χ0v) is 14.8. The van der Waals surface area contributed by atoms with Gasteiger partial charge in [-0.05, 0) is 44.5 Å². The Balaban J connectivity index is 2.09. The third-order valence-electron chi connectivity index (χ3n) is 3.56. The zero-order valence-electron chi connectivity index (χ0n) is 13.2. The molecule has 0 radical (unpaired) electrons. The Bertz CT molecular complexity index is 603. The van der Waals surface area contributed by atoms with Crippen LogP contribution >= 0.6 is 11.6 Å². The molecule has 0 aliphatic carbocycles. The average Bonchev–Trinajstić information content (AvgIpc) is 2.55. The monoisotopic (exact) mass is 362 g/mol. The standard InChI is InChI=1S/C15H23ClN2O4S/c1-17-7-8-18-23(19,20)15-10-12(16)5-6-14(15)22-11-13-4-2-3-9-21-13/h5-6,10,13,17-18H,2-4,7-9,11H2,1H3. The number of hydrogen-bond acceptors (Lipinski definition) is 5. The van der Waals surface area contributed by atoms with Crippen LogP contribution in [-0.2, 0) is 14.8 Å². The average molecular weight is 363 g/mol. The van der Waals surface area contributed by atoms with Crippen LogP contribution in [0.1, 0.15) is 19.3 Å². The van der Waals surface area contributed by atoms with Crippen LogP contribution in [0.4, 0.5) is 0 Å². The fraction of sp³-hybridized carbons (Fsp3) is 0.600. The highest BCUT2D eigenvalue weighted by Gasteiger charge is 2.21. The molecule has 0 bridgehead atoms. The predicted molar refractivity (Wildman–Crippen MR) is 89.7 cm³/mol. The Morgan fingerprint density at radius 1 is 1.35 bits per heavy atom. The number of nitrogens with one attached hydrogen (secondary N) is 2. The Morgan fingerprint density at radius 3 is 2.87 bits per heavy atom. The number of ether oxygens (including phenoxy) is 2. The molecule has 1 aliphatic rings. The maximum atomic E-state index is 12.4. The fourth-order valence-electron chi connectivity index (χ4n) is 2.32. The third kappa shape index (κ3) is 5.61. The van der Waals surface area contributed by atoms with Gasteiger partial charge in [0.1, 0.15) is 17.3 Å². The van der Waals surface area contributed by atoms with E-state index in [9.17, 15) is 8.42 Å². The van der Waals surface area contributed by atoms with Crippen LogP contribution in [0, 0.1) is 0 Å². The molecule has 0 amide bonds. The maximum absolute atomic E-state index is 12.4. The van der Waals surface area contributed by atoms with E-state index < -0.39 is 10.0 Å². The Kier molecular flexibility index (Phi) is 7.10. The summed E-state index contributed by atoms with van der Waals surface area (Å²) in [7, 11) is -1.92. The van der Waals surface area contributed by atoms with Crippen LogP contribution in [0.5, 0.6) is 5.75 Å². The lowest BCUT2D eigenvalue weighted by molar-refractivity contribution is -0.0116. The number of likely N-dealkylation sites (N-methyl/N-ethyl adjacent to an activating group) is 1. The van der Waals surface area contributed by atoms with Crippen molar-refractivity contribution >= 4 is 21.6 Å². The fourth-order valence-corrected chi connectivity index (χ4v) is 3.76. The van der Waals surface area contributed by atoms with Gasteiger partial charge in [0.05, 0.1) is 6.10 Å². The van der Waals surface area contributed by atoms with Crippen LogP contribution in [-0.4, -0.2) is 47.9 Å². The van der Waals surface area contributed by atoms with Gasteiger partial charge in [0, 0.05) is 24.7 Å². The van der Waals surface area contributed by atoms with E-state index >= 15 is 0 Å². The first-order valence-electron chi connectivity index (χ1n) is 7.71. The second kappa shape index (κ2) is 8.84. The predicted octanol–water partition coefficient (Wildman–Crippen LogP) is 1.79. The molecule has 1 aromatic carbocycles. The Labute approximate surface area is 142 Å². The quantitative estimate of drug-likeness (QED) is 0.689. The van der Waals surface area contributed by atoms with Crippen LogP contribution < -0.4 is 14.8 Å². The molecule has 130 valence electrons. The number of rotatable bonds is 8. The number of halogens is 1. The Hall–Kier alpha value is -0.860. The molecule has 1 fully saturated rings. The first-order valence-corrected chi connectivity index (χ1v) is 9.57. The number of sulfonamides is 1. The van der Waals surface area contributed by atoms with Crippen molar-refractivity contribution in [2.24, 2.45) is 0 Å². The van der Waals surface area contributed by atoms with Crippen molar-refractivity contribution in [3.8, 4) is 5.75 Å². The van der Waals surface area contributed by atoms with Gasteiger partial charge >= 0.3 is 0 Å². The van der Waals surface area contributed by atoms with Crippen LogP contribution in [0.2, 0.25) is 5.02 Å². The molecule has 2 N–H and O–H groups in total. The SMILES string of the molecule is CNCCNS(=O)(=O)c1cc(Cl)ccc1OCC1CCCCO1. The highest BCUT2D eigenvalue weighted by atomic mass is 35.5. The topological polar surface area (TPSA) is 76.7 Å². The molecular formula is C15H23ClN2O4S. The van der Waals surface area contributed by atoms with Gasteiger partial charge in [0.15, 0.2) is 0 Å². The van der Waals surface area contributed by atoms with Crippen molar-refractivity contribution < 1.29 is 17.9 Å². The first-order chi connectivity index (χ1) is 11.0. The molecule has 1 heterocycles. The van der Waals surface area contributed by atoms with Gasteiger partial charge in [0.25, 0.3) is 0 Å². The summed E-state index contributed by atoms with van der Waals surface area (Å²) < 4.78 is 38.7. The molecule has 1 saturated heterocycles. The highest BCUT2D eigenvalue weighted by Crippen LogP contribution is 2.28. The smallest absolute Gasteiger partial charge is 0.244 e. The van der Waals surface area contributed by atoms with E-state index in [0.717, 1.165) is 25.9 Å². The summed E-state index contributed by atoms with van der Waals surface area (Å²) >= 11 is 5.95. The van der Waals surface area contributed by atoms with Gasteiger partial charge in [-0.3, -0.25) is 0 Å². The largest absolute Gasteiger partial charge is 0.489 e. The van der Waals surface area contributed by atoms with Crippen LogP contribution in [0.15, 0.2) is 23.1 Å². The van der Waals surface area contributed by atoms with Crippen LogP contribution in [0.3, 0.4) is 0 Å². The van der Waals surface area contributed by atoms with Crippen molar-refractivity contribution in [1.82, 2.24) is 10.0 Å². The lowest BCUT2D eigenvalue weighted by Gasteiger charge is -2.23. The maximum Gasteiger partial charge on any atom is 0.244 e. The molecule has 0 aromatic heterocycles. The summed E-state index contributed by atoms with van der Waals surface area (Å²) in [6, 6.07) is 4.60. The van der Waals surface area contributed by atoms with E-state index in [-0.39, 0.29) is 17.5 Å². The number of benzene rings is 1. The van der Waals surface area contributed by atoms with Crippen molar-refractivity contribution in [1.29, 1.82) is 0 Å². The molecule has 1 aromatic rings. The molecule has 6 nitrogen and oxygen atoms in total. The molecule has 0 spiro atoms. The summed E-state index contributed by atoms with van der Waals surface area (Å²) in [6.45, 7) is 1.88. The molecule has 1 aliphatic heterocycles. The van der Waals surface area contributed by atoms with Crippen LogP contribution in [0.25, 0.3) is 0 Å². The van der Waals surface area contributed by atoms with Gasteiger partial charge in [-0.15, -0.1) is 0 Å². The van der Waals surface area contributed by atoms with Gasteiger partial charge in [-0.1, -0.05) is 11.6 Å². The Morgan fingerprint density at radius 2 is 2.17 bits per heavy atom. The molecule has 0 saturated carbocycles. The van der Waals surface area contributed by atoms with E-state index in [4.69, 9.17) is 21.1 Å². The van der Waals surface area contributed by atoms with E-state index in [1.807, 2.05) is 0 Å². The van der Waals surface area contributed by atoms with E-state index in [0.29, 0.717) is 23.9 Å². The van der Waals surface area contributed by atoms with E-state index in [2.05, 4.69) is 10.0 Å². The summed E-state index contributed by atoms with van der Waals surface area (Å²) in [4.78, 5) is 0.0527. The molecule has 23 heavy (non-hydrogen) atoms. The summed E-state index contributed by atoms with van der Waals surface area (Å²) in [5.74, 6) is 0.292. The molecule has 2 rings (SSSR count). The molecular weight excluding hydrogens is 340 g/mol. The zero-order chi connectivity index (χ0) is 16.7. The lowest BCUT2D eigenvalue weighted by Crippen LogP contribution is -2.31. The molecule has 8 heteroatoms. The minimum absolute atomic E-state index is 0.00670. The lowest BCUT2D eigenvalue weighted by atomic mass is 10.1. The minimum atomic E-state index is -3.68. The van der Waals surface area contributed by atoms with Gasteiger partial charge in [-0.25, -0.2) is 13.1 Å². The van der Waals surface area contributed by atoms with E-state index in [1.54, 1.807) is 19.2 Å². The summed E-state index contributed by atoms with van der Waals surface area (Å²) in [5.41, 5.74) is 0. The van der Waals surface area contributed by atoms with E-state index in [1.165, 1.54) is 6.07 Å². The van der Waals surface area contributed by atoms with Crippen molar-refractivity contribution in [2.75, 3.05) is 33.4 Å². The highest BCUT2D eigenvalue weighted by molar-refractivity contribution is 7.89. The molecule has 1 unspecified atom stereocenters. The number of hydrogen-bond donors (Lipinski definition) is 2. The van der Waals surface area contributed by atoms with Crippen molar-refractivity contribution in [3.05, 3.63) is 23.2 Å². The molecule has 1 atom stereocenters. The van der Waals surface area contributed by atoms with Crippen molar-refractivity contribution in [3.63, 3.8) is 0 Å². The van der Waals surface area contributed by atoms with Gasteiger partial charge in [0.2, 0.25) is 10.0 Å². The minimum Gasteiger partial charge on any atom is -0.489 e. The third-order valence-corrected chi connectivity index (χ3v) is 5.28. The van der Waals surface area contributed by atoms with Gasteiger partial charge in [-0.2, -0.15) is 0 Å². The first kappa shape index (κ1) is 18.5. The summed E-state index contributed by atoms with van der Waals surface area (Å²) in [6.07, 6.45) is 3.10. The van der Waals surface area contributed by atoms with Gasteiger partial charge < -0.3 is 14.8 Å². The summed E-state index contributed by atoms with van der Waals surface area (Å²) in [5, 5.41) is 3.23. The van der Waals surface area contributed by atoms with Crippen molar-refractivity contribution in [2.45, 2.75) is 30.3 Å². The second-order valence-corrected chi connectivity index (χ2v) is 7.56. The normalized spacial score (nSPS) is 18.8. The second-order valence-electron chi connectivity index (χ2n) is 5.39.